The molecule has 0 aromatic heterocycles. The van der Waals surface area contributed by atoms with Crippen LogP contribution in [0.4, 0.5) is 30.7 Å². The van der Waals surface area contributed by atoms with E-state index in [2.05, 4.69) is 15.9 Å². The minimum absolute atomic E-state index is 0.0150. The van der Waals surface area contributed by atoms with E-state index in [1.807, 2.05) is 0 Å². The Bertz CT molecular complexity index is 634. The van der Waals surface area contributed by atoms with E-state index in [9.17, 15) is 39.2 Å². The Labute approximate surface area is 123 Å². The van der Waals surface area contributed by atoms with Gasteiger partial charge in [-0.1, -0.05) is 15.9 Å². The van der Waals surface area contributed by atoms with Gasteiger partial charge in [-0.05, 0) is 18.2 Å². The van der Waals surface area contributed by atoms with E-state index in [1.165, 1.54) is 0 Å². The SMILES string of the molecule is CS(=O)(=O)c1cc(Br)cc(C(F)(C(F)(F)F)C(F)(F)F)c1. The monoisotopic (exact) mass is 402 g/mol. The number of rotatable bonds is 2. The van der Waals surface area contributed by atoms with E-state index in [4.69, 9.17) is 0 Å². The Morgan fingerprint density at radius 3 is 1.67 bits per heavy atom. The van der Waals surface area contributed by atoms with Crippen LogP contribution in [-0.2, 0) is 15.5 Å². The zero-order chi connectivity index (χ0) is 16.9. The second-order valence-electron chi connectivity index (χ2n) is 4.10. The fourth-order valence-electron chi connectivity index (χ4n) is 1.46. The molecule has 0 heterocycles. The van der Waals surface area contributed by atoms with Crippen LogP contribution < -0.4 is 0 Å². The molecule has 1 rings (SSSR count). The molecule has 0 spiro atoms. The zero-order valence-electron chi connectivity index (χ0n) is 9.98. The van der Waals surface area contributed by atoms with Crippen LogP contribution >= 0.6 is 15.9 Å². The van der Waals surface area contributed by atoms with Crippen molar-refractivity contribution in [2.75, 3.05) is 6.26 Å². The van der Waals surface area contributed by atoms with Crippen LogP contribution in [0.15, 0.2) is 27.6 Å². The molecule has 0 atom stereocenters. The molecule has 0 amide bonds. The summed E-state index contributed by atoms with van der Waals surface area (Å²) in [5, 5.41) is 0. The van der Waals surface area contributed by atoms with Crippen LogP contribution in [-0.4, -0.2) is 27.0 Å². The van der Waals surface area contributed by atoms with Crippen LogP contribution in [0.25, 0.3) is 0 Å². The van der Waals surface area contributed by atoms with Gasteiger partial charge in [0.2, 0.25) is 0 Å². The lowest BCUT2D eigenvalue weighted by molar-refractivity contribution is -0.348. The Morgan fingerprint density at radius 1 is 0.905 bits per heavy atom. The molecule has 120 valence electrons. The van der Waals surface area contributed by atoms with Gasteiger partial charge in [-0.3, -0.25) is 0 Å². The molecule has 0 aliphatic heterocycles. The summed E-state index contributed by atoms with van der Waals surface area (Å²) in [5.41, 5.74) is -7.54. The van der Waals surface area contributed by atoms with Gasteiger partial charge in [-0.15, -0.1) is 0 Å². The summed E-state index contributed by atoms with van der Waals surface area (Å²) >= 11 is 2.57. The largest absolute Gasteiger partial charge is 0.435 e. The number of hydrogen-bond acceptors (Lipinski definition) is 2. The van der Waals surface area contributed by atoms with Crippen LogP contribution in [0, 0.1) is 0 Å². The topological polar surface area (TPSA) is 34.1 Å². The molecule has 0 fully saturated rings. The first-order valence-electron chi connectivity index (χ1n) is 4.94. The smallest absolute Gasteiger partial charge is 0.224 e. The number of alkyl halides is 7. The molecule has 21 heavy (non-hydrogen) atoms. The van der Waals surface area contributed by atoms with E-state index in [-0.39, 0.29) is 12.1 Å². The molecule has 2 nitrogen and oxygen atoms in total. The molecule has 0 N–H and O–H groups in total. The normalized spacial score (nSPS) is 14.3. The average Bonchev–Trinajstić information content (AvgIpc) is 2.22. The molecular formula is C10H6BrF7O2S. The van der Waals surface area contributed by atoms with Crippen molar-refractivity contribution >= 4 is 25.8 Å². The molecule has 0 saturated carbocycles. The fourth-order valence-corrected chi connectivity index (χ4v) is 2.79. The van der Waals surface area contributed by atoms with Gasteiger partial charge in [-0.25, -0.2) is 12.8 Å². The maximum absolute atomic E-state index is 13.8. The van der Waals surface area contributed by atoms with Crippen molar-refractivity contribution in [3.8, 4) is 0 Å². The van der Waals surface area contributed by atoms with Crippen LogP contribution in [0.5, 0.6) is 0 Å². The van der Waals surface area contributed by atoms with Gasteiger partial charge in [0.25, 0.3) is 0 Å². The van der Waals surface area contributed by atoms with E-state index >= 15 is 0 Å². The minimum Gasteiger partial charge on any atom is -0.224 e. The molecular weight excluding hydrogens is 397 g/mol. The second kappa shape index (κ2) is 5.11. The maximum atomic E-state index is 13.8. The second-order valence-corrected chi connectivity index (χ2v) is 7.03. The third-order valence-electron chi connectivity index (χ3n) is 2.48. The number of hydrogen-bond donors (Lipinski definition) is 0. The first-order chi connectivity index (χ1) is 9.10. The van der Waals surface area contributed by atoms with Crippen molar-refractivity contribution in [2.45, 2.75) is 22.9 Å². The zero-order valence-corrected chi connectivity index (χ0v) is 12.4. The van der Waals surface area contributed by atoms with E-state index in [1.54, 1.807) is 0 Å². The highest BCUT2D eigenvalue weighted by Crippen LogP contribution is 2.53. The fraction of sp³-hybridized carbons (Fsp3) is 0.400. The Morgan fingerprint density at radius 2 is 1.33 bits per heavy atom. The summed E-state index contributed by atoms with van der Waals surface area (Å²) in [6.07, 6.45) is -12.0. The van der Waals surface area contributed by atoms with Crippen LogP contribution in [0.1, 0.15) is 5.56 Å². The lowest BCUT2D eigenvalue weighted by atomic mass is 9.94. The number of benzene rings is 1. The number of halogens is 8. The Balaban J connectivity index is 3.74. The summed E-state index contributed by atoms with van der Waals surface area (Å²) in [7, 11) is -4.13. The van der Waals surface area contributed by atoms with Crippen molar-refractivity contribution in [1.29, 1.82) is 0 Å². The molecule has 0 radical (unpaired) electrons. The molecule has 0 aliphatic rings. The first kappa shape index (κ1) is 18.2. The summed E-state index contributed by atoms with van der Waals surface area (Å²) in [5.74, 6) is 0. The highest BCUT2D eigenvalue weighted by molar-refractivity contribution is 9.10. The van der Waals surface area contributed by atoms with Gasteiger partial charge in [0.1, 0.15) is 0 Å². The predicted octanol–water partition coefficient (Wildman–Crippen LogP) is 4.14. The standard InChI is InChI=1S/C10H6BrF7O2S/c1-21(19,20)7-3-5(2-6(11)4-7)8(12,9(13,14)15)10(16,17)18/h2-4H,1H3. The average molecular weight is 403 g/mol. The van der Waals surface area contributed by atoms with Crippen LogP contribution in [0.2, 0.25) is 0 Å². The lowest BCUT2D eigenvalue weighted by Gasteiger charge is -2.30. The molecule has 0 saturated heterocycles. The summed E-state index contributed by atoms with van der Waals surface area (Å²) in [6.45, 7) is 0. The van der Waals surface area contributed by atoms with E-state index < -0.39 is 42.8 Å². The molecule has 11 heteroatoms. The molecule has 1 aromatic carbocycles. The van der Waals surface area contributed by atoms with Gasteiger partial charge < -0.3 is 0 Å². The highest BCUT2D eigenvalue weighted by atomic mass is 79.9. The lowest BCUT2D eigenvalue weighted by Crippen LogP contribution is -2.50. The van der Waals surface area contributed by atoms with Gasteiger partial charge in [-0.2, -0.15) is 26.3 Å². The summed E-state index contributed by atoms with van der Waals surface area (Å²) in [4.78, 5) is -0.873. The van der Waals surface area contributed by atoms with Crippen LogP contribution in [0.3, 0.4) is 0 Å². The molecule has 0 unspecified atom stereocenters. The summed E-state index contributed by atoms with van der Waals surface area (Å²) in [6, 6.07) is 1.02. The van der Waals surface area contributed by atoms with Gasteiger partial charge in [0.05, 0.1) is 4.90 Å². The first-order valence-corrected chi connectivity index (χ1v) is 7.62. The third-order valence-corrected chi connectivity index (χ3v) is 4.03. The predicted molar refractivity (Wildman–Crippen MR) is 62.1 cm³/mol. The highest BCUT2D eigenvalue weighted by Gasteiger charge is 2.73. The molecule has 0 bridgehead atoms. The van der Waals surface area contributed by atoms with Gasteiger partial charge >= 0.3 is 18.0 Å². The van der Waals surface area contributed by atoms with Crippen molar-refractivity contribution in [2.24, 2.45) is 0 Å². The van der Waals surface area contributed by atoms with Crippen molar-refractivity contribution in [3.63, 3.8) is 0 Å². The Kier molecular flexibility index (Phi) is 4.43. The minimum atomic E-state index is -6.30. The number of sulfone groups is 1. The van der Waals surface area contributed by atoms with E-state index in [0.29, 0.717) is 6.26 Å². The quantitative estimate of drug-likeness (QED) is 0.696. The third kappa shape index (κ3) is 3.33. The van der Waals surface area contributed by atoms with Crippen molar-refractivity contribution in [3.05, 3.63) is 28.2 Å². The molecule has 0 aliphatic carbocycles. The van der Waals surface area contributed by atoms with Gasteiger partial charge in [0, 0.05) is 16.3 Å². The van der Waals surface area contributed by atoms with Crippen molar-refractivity contribution in [1.82, 2.24) is 0 Å². The maximum Gasteiger partial charge on any atom is 0.435 e. The van der Waals surface area contributed by atoms with Gasteiger partial charge in [0.15, 0.2) is 9.84 Å². The molecule has 1 aromatic rings. The van der Waals surface area contributed by atoms with E-state index in [0.717, 1.165) is 6.07 Å². The van der Waals surface area contributed by atoms with Crippen molar-refractivity contribution < 1.29 is 39.2 Å². The Hall–Kier alpha value is -0.840. The summed E-state index contributed by atoms with van der Waals surface area (Å²) < 4.78 is 111.